The van der Waals surface area contributed by atoms with Gasteiger partial charge in [-0.25, -0.2) is 4.79 Å². The number of anilines is 1. The van der Waals surface area contributed by atoms with E-state index in [1.54, 1.807) is 12.1 Å². The minimum Gasteiger partial charge on any atom is -0.449 e. The van der Waals surface area contributed by atoms with Crippen LogP contribution in [0.2, 0.25) is 0 Å². The summed E-state index contributed by atoms with van der Waals surface area (Å²) < 4.78 is 5.50. The molecule has 0 heterocycles. The lowest BCUT2D eigenvalue weighted by Gasteiger charge is -2.20. The predicted molar refractivity (Wildman–Crippen MR) is 129 cm³/mol. The molecule has 3 aromatic rings. The van der Waals surface area contributed by atoms with Crippen molar-refractivity contribution in [2.24, 2.45) is 0 Å². The molecule has 0 saturated heterocycles. The minimum atomic E-state index is -1.02. The van der Waals surface area contributed by atoms with Crippen LogP contribution in [-0.2, 0) is 4.74 Å². The lowest BCUT2D eigenvalue weighted by Crippen LogP contribution is -2.30. The summed E-state index contributed by atoms with van der Waals surface area (Å²) in [5, 5.41) is 23.4. The summed E-state index contributed by atoms with van der Waals surface area (Å²) in [6.07, 6.45) is -2.34. The van der Waals surface area contributed by atoms with Crippen molar-refractivity contribution in [1.29, 1.82) is 0 Å². The van der Waals surface area contributed by atoms with Gasteiger partial charge >= 0.3 is 6.09 Å². The van der Waals surface area contributed by atoms with Crippen LogP contribution in [0, 0.1) is 0 Å². The Hall–Kier alpha value is -3.35. The highest BCUT2D eigenvalue weighted by molar-refractivity contribution is 5.79. The van der Waals surface area contributed by atoms with E-state index in [-0.39, 0.29) is 25.5 Å². The Balaban J connectivity index is 1.26. The molecule has 3 N–H and O–H groups in total. The summed E-state index contributed by atoms with van der Waals surface area (Å²) in [7, 11) is 3.88. The highest BCUT2D eigenvalue weighted by atomic mass is 16.5. The largest absolute Gasteiger partial charge is 0.449 e. The van der Waals surface area contributed by atoms with Crippen LogP contribution < -0.4 is 10.2 Å². The molecule has 6 heteroatoms. The van der Waals surface area contributed by atoms with E-state index in [0.29, 0.717) is 5.56 Å². The number of hydrogen-bond donors (Lipinski definition) is 3. The summed E-state index contributed by atoms with van der Waals surface area (Å²) in [6.45, 7) is 0.438. The highest BCUT2D eigenvalue weighted by Gasteiger charge is 2.29. The molecule has 2 unspecified atom stereocenters. The SMILES string of the molecule is CN(C)c1ccc(C(O)C(O)CCNC(=O)OCC2c3ccccc3-c3ccccc32)cc1. The van der Waals surface area contributed by atoms with Gasteiger partial charge in [-0.3, -0.25) is 0 Å². The van der Waals surface area contributed by atoms with Gasteiger partial charge in [0.05, 0.1) is 6.10 Å². The minimum absolute atomic E-state index is 0.000648. The zero-order chi connectivity index (χ0) is 23.4. The summed E-state index contributed by atoms with van der Waals surface area (Å²) >= 11 is 0. The Morgan fingerprint density at radius 3 is 2.09 bits per heavy atom. The molecule has 4 rings (SSSR count). The molecule has 172 valence electrons. The molecule has 33 heavy (non-hydrogen) atoms. The number of benzene rings is 3. The maximum absolute atomic E-state index is 12.3. The van der Waals surface area contributed by atoms with Crippen molar-refractivity contribution in [2.75, 3.05) is 32.1 Å². The lowest BCUT2D eigenvalue weighted by molar-refractivity contribution is 0.0137. The summed E-state index contributed by atoms with van der Waals surface area (Å²) in [5.74, 6) is 0.000648. The number of carbonyl (C=O) groups is 1. The van der Waals surface area contributed by atoms with Gasteiger partial charge in [-0.1, -0.05) is 60.7 Å². The smallest absolute Gasteiger partial charge is 0.407 e. The van der Waals surface area contributed by atoms with Crippen LogP contribution in [-0.4, -0.2) is 49.7 Å². The van der Waals surface area contributed by atoms with E-state index in [2.05, 4.69) is 29.6 Å². The van der Waals surface area contributed by atoms with Gasteiger partial charge < -0.3 is 25.2 Å². The van der Waals surface area contributed by atoms with E-state index < -0.39 is 18.3 Å². The first kappa shape index (κ1) is 22.8. The van der Waals surface area contributed by atoms with Crippen molar-refractivity contribution in [3.8, 4) is 11.1 Å². The number of amides is 1. The van der Waals surface area contributed by atoms with Crippen LogP contribution in [0.4, 0.5) is 10.5 Å². The van der Waals surface area contributed by atoms with Crippen LogP contribution in [0.25, 0.3) is 11.1 Å². The standard InChI is InChI=1S/C27H30N2O4/c1-29(2)19-13-11-18(12-14-19)26(31)25(30)15-16-28-27(32)33-17-24-22-9-5-3-7-20(22)21-8-4-6-10-23(21)24/h3-14,24-26,30-31H,15-17H2,1-2H3,(H,28,32). The quantitative estimate of drug-likeness (QED) is 0.486. The van der Waals surface area contributed by atoms with Gasteiger partial charge in [0, 0.05) is 32.2 Å². The van der Waals surface area contributed by atoms with E-state index in [4.69, 9.17) is 4.74 Å². The maximum atomic E-state index is 12.3. The van der Waals surface area contributed by atoms with Crippen molar-refractivity contribution in [3.63, 3.8) is 0 Å². The van der Waals surface area contributed by atoms with E-state index in [0.717, 1.165) is 16.8 Å². The lowest BCUT2D eigenvalue weighted by atomic mass is 9.98. The number of nitrogens with zero attached hydrogens (tertiary/aromatic N) is 1. The topological polar surface area (TPSA) is 82.0 Å². The van der Waals surface area contributed by atoms with Gasteiger partial charge in [-0.05, 0) is 46.4 Å². The van der Waals surface area contributed by atoms with Gasteiger partial charge in [-0.2, -0.15) is 0 Å². The molecule has 0 bridgehead atoms. The monoisotopic (exact) mass is 446 g/mol. The number of aliphatic hydroxyl groups excluding tert-OH is 2. The zero-order valence-electron chi connectivity index (χ0n) is 18.9. The second-order valence-electron chi connectivity index (χ2n) is 8.54. The molecular weight excluding hydrogens is 416 g/mol. The maximum Gasteiger partial charge on any atom is 0.407 e. The van der Waals surface area contributed by atoms with Crippen molar-refractivity contribution in [3.05, 3.63) is 89.5 Å². The van der Waals surface area contributed by atoms with E-state index >= 15 is 0 Å². The summed E-state index contributed by atoms with van der Waals surface area (Å²) in [4.78, 5) is 14.2. The fourth-order valence-corrected chi connectivity index (χ4v) is 4.32. The number of fused-ring (bicyclic) bond motifs is 3. The van der Waals surface area contributed by atoms with Gasteiger partial charge in [0.2, 0.25) is 0 Å². The molecule has 0 aromatic heterocycles. The Kier molecular flexibility index (Phi) is 6.96. The third-order valence-electron chi connectivity index (χ3n) is 6.17. The Labute approximate surface area is 194 Å². The molecular formula is C27H30N2O4. The first-order valence-corrected chi connectivity index (χ1v) is 11.2. The molecule has 1 aliphatic rings. The van der Waals surface area contributed by atoms with Crippen LogP contribution in [0.3, 0.4) is 0 Å². The van der Waals surface area contributed by atoms with E-state index in [1.807, 2.05) is 55.4 Å². The molecule has 0 saturated carbocycles. The molecule has 6 nitrogen and oxygen atoms in total. The molecule has 3 aromatic carbocycles. The van der Waals surface area contributed by atoms with Crippen molar-refractivity contribution >= 4 is 11.8 Å². The first-order chi connectivity index (χ1) is 16.0. The summed E-state index contributed by atoms with van der Waals surface area (Å²) in [5.41, 5.74) is 6.32. The number of hydrogen-bond acceptors (Lipinski definition) is 5. The van der Waals surface area contributed by atoms with Crippen LogP contribution in [0.1, 0.15) is 35.1 Å². The second kappa shape index (κ2) is 10.1. The number of nitrogens with one attached hydrogen (secondary N) is 1. The predicted octanol–water partition coefficient (Wildman–Crippen LogP) is 4.08. The number of aliphatic hydroxyl groups is 2. The van der Waals surface area contributed by atoms with Crippen LogP contribution >= 0.6 is 0 Å². The Bertz CT molecular complexity index is 1050. The van der Waals surface area contributed by atoms with Gasteiger partial charge in [0.25, 0.3) is 0 Å². The first-order valence-electron chi connectivity index (χ1n) is 11.2. The van der Waals surface area contributed by atoms with Crippen LogP contribution in [0.15, 0.2) is 72.8 Å². The zero-order valence-corrected chi connectivity index (χ0v) is 18.9. The highest BCUT2D eigenvalue weighted by Crippen LogP contribution is 2.44. The van der Waals surface area contributed by atoms with Gasteiger partial charge in [0.15, 0.2) is 0 Å². The van der Waals surface area contributed by atoms with E-state index in [1.165, 1.54) is 11.1 Å². The fraction of sp³-hybridized carbons (Fsp3) is 0.296. The summed E-state index contributed by atoms with van der Waals surface area (Å²) in [6, 6.07) is 23.7. The van der Waals surface area contributed by atoms with Crippen molar-refractivity contribution < 1.29 is 19.7 Å². The fourth-order valence-electron chi connectivity index (χ4n) is 4.32. The van der Waals surface area contributed by atoms with E-state index in [9.17, 15) is 15.0 Å². The molecule has 1 aliphatic carbocycles. The number of ether oxygens (including phenoxy) is 1. The molecule has 0 spiro atoms. The van der Waals surface area contributed by atoms with Gasteiger partial charge in [0.1, 0.15) is 12.7 Å². The Morgan fingerprint density at radius 2 is 1.52 bits per heavy atom. The Morgan fingerprint density at radius 1 is 0.939 bits per heavy atom. The third-order valence-corrected chi connectivity index (χ3v) is 6.17. The third kappa shape index (κ3) is 5.02. The van der Waals surface area contributed by atoms with Gasteiger partial charge in [-0.15, -0.1) is 0 Å². The molecule has 1 amide bonds. The average molecular weight is 447 g/mol. The number of carbonyl (C=O) groups excluding carboxylic acids is 1. The average Bonchev–Trinajstić information content (AvgIpc) is 3.16. The molecule has 2 atom stereocenters. The second-order valence-corrected chi connectivity index (χ2v) is 8.54. The number of rotatable bonds is 8. The van der Waals surface area contributed by atoms with Crippen molar-refractivity contribution in [2.45, 2.75) is 24.5 Å². The van der Waals surface area contributed by atoms with Crippen LogP contribution in [0.5, 0.6) is 0 Å². The molecule has 0 radical (unpaired) electrons. The molecule has 0 aliphatic heterocycles. The normalized spacial score (nSPS) is 14.2. The van der Waals surface area contributed by atoms with Crippen molar-refractivity contribution in [1.82, 2.24) is 5.32 Å². The number of alkyl carbamates (subject to hydrolysis) is 1. The molecule has 0 fully saturated rings.